The highest BCUT2D eigenvalue weighted by molar-refractivity contribution is 7.85. The monoisotopic (exact) mass is 289 g/mol. The third-order valence-electron chi connectivity index (χ3n) is 2.34. The fraction of sp³-hybridized carbons (Fsp3) is 0.333. The van der Waals surface area contributed by atoms with E-state index in [1.165, 1.54) is 6.07 Å². The first-order valence-corrected chi connectivity index (χ1v) is 6.64. The van der Waals surface area contributed by atoms with Crippen LogP contribution >= 0.6 is 0 Å². The highest BCUT2D eigenvalue weighted by Crippen LogP contribution is 2.29. The van der Waals surface area contributed by atoms with Crippen molar-refractivity contribution in [3.63, 3.8) is 0 Å². The number of nitro groups is 2. The summed E-state index contributed by atoms with van der Waals surface area (Å²) in [6.07, 6.45) is -0.438. The molecule has 0 fully saturated rings. The maximum absolute atomic E-state index is 10.8. The summed E-state index contributed by atoms with van der Waals surface area (Å²) in [5, 5.41) is 21.5. The molecule has 0 aromatic heterocycles. The number of hydrogen-bond donors (Lipinski definition) is 0. The van der Waals surface area contributed by atoms with Crippen LogP contribution in [0.5, 0.6) is 0 Å². The van der Waals surface area contributed by atoms with Gasteiger partial charge in [-0.15, -0.1) is 0 Å². The van der Waals surface area contributed by atoms with Gasteiger partial charge in [-0.05, 0) is 18.9 Å². The minimum absolute atomic E-state index is 0.179. The molecule has 0 radical (unpaired) electrons. The van der Waals surface area contributed by atoms with Gasteiger partial charge in [0.15, 0.2) is 0 Å². The highest BCUT2D eigenvalue weighted by atomic mass is 32.2. The van der Waals surface area contributed by atoms with E-state index in [2.05, 4.69) is 0 Å². The predicted molar refractivity (Wildman–Crippen MR) is 62.6 cm³/mol. The van der Waals surface area contributed by atoms with Gasteiger partial charge in [0.2, 0.25) is 0 Å². The van der Waals surface area contributed by atoms with Crippen molar-refractivity contribution in [3.05, 3.63) is 44.0 Å². The van der Waals surface area contributed by atoms with E-state index in [1.54, 1.807) is 0 Å². The number of rotatable bonds is 6. The van der Waals surface area contributed by atoms with E-state index in [0.717, 1.165) is 12.1 Å². The van der Waals surface area contributed by atoms with Crippen LogP contribution in [0, 0.1) is 20.2 Å². The van der Waals surface area contributed by atoms with E-state index >= 15 is 0 Å². The summed E-state index contributed by atoms with van der Waals surface area (Å²) < 4.78 is 31.3. The van der Waals surface area contributed by atoms with Crippen LogP contribution < -0.4 is 0 Å². The van der Waals surface area contributed by atoms with Crippen molar-refractivity contribution in [2.75, 3.05) is 5.75 Å². The summed E-state index contributed by atoms with van der Waals surface area (Å²) in [6.45, 7) is 0. The van der Waals surface area contributed by atoms with Crippen LogP contribution in [-0.2, 0) is 16.5 Å². The molecule has 1 aromatic carbocycles. The first-order valence-electron chi connectivity index (χ1n) is 5.06. The summed E-state index contributed by atoms with van der Waals surface area (Å²) in [5.74, 6) is -0.726. The van der Waals surface area contributed by atoms with Crippen molar-refractivity contribution in [2.45, 2.75) is 12.8 Å². The Labute approximate surface area is 107 Å². The molecule has 0 saturated carbocycles. The normalized spacial score (nSPS) is 11.2. The van der Waals surface area contributed by atoms with E-state index in [9.17, 15) is 33.2 Å². The Morgan fingerprint density at radius 2 is 1.53 bits per heavy atom. The second-order valence-electron chi connectivity index (χ2n) is 3.65. The SMILES string of the molecule is O=[N+]([O-])c1cccc([N+](=O)[O-])c1CCCS(=O)(=O)[O-]. The third-order valence-corrected chi connectivity index (χ3v) is 3.13. The third kappa shape index (κ3) is 4.26. The second kappa shape index (κ2) is 5.71. The molecule has 0 atom stereocenters. The Morgan fingerprint density at radius 1 is 1.05 bits per heavy atom. The maximum atomic E-state index is 10.8. The van der Waals surface area contributed by atoms with Gasteiger partial charge in [0.1, 0.15) is 5.56 Å². The van der Waals surface area contributed by atoms with Gasteiger partial charge in [-0.25, -0.2) is 8.42 Å². The molecule has 0 unspecified atom stereocenters. The molecule has 0 spiro atoms. The minimum Gasteiger partial charge on any atom is -0.748 e. The lowest BCUT2D eigenvalue weighted by molar-refractivity contribution is -0.395. The van der Waals surface area contributed by atoms with Crippen LogP contribution in [0.3, 0.4) is 0 Å². The van der Waals surface area contributed by atoms with Gasteiger partial charge in [-0.2, -0.15) is 0 Å². The zero-order valence-corrected chi connectivity index (χ0v) is 10.3. The molecule has 0 amide bonds. The average molecular weight is 289 g/mol. The number of benzene rings is 1. The van der Waals surface area contributed by atoms with Crippen LogP contribution in [0.1, 0.15) is 12.0 Å². The van der Waals surface area contributed by atoms with Crippen molar-refractivity contribution < 1.29 is 22.8 Å². The van der Waals surface area contributed by atoms with Crippen molar-refractivity contribution in [2.24, 2.45) is 0 Å². The van der Waals surface area contributed by atoms with Gasteiger partial charge in [0.05, 0.1) is 20.0 Å². The summed E-state index contributed by atoms with van der Waals surface area (Å²) in [5.41, 5.74) is -1.10. The van der Waals surface area contributed by atoms with Gasteiger partial charge in [0.25, 0.3) is 11.4 Å². The molecule has 9 nitrogen and oxygen atoms in total. The standard InChI is InChI=1S/C9H10N2O7S/c12-10(13)8-4-1-5-9(11(14)15)7(8)3-2-6-19(16,17)18/h1,4-5H,2-3,6H2,(H,16,17,18)/p-1. The largest absolute Gasteiger partial charge is 0.748 e. The molecule has 0 N–H and O–H groups in total. The van der Waals surface area contributed by atoms with Crippen LogP contribution in [0.4, 0.5) is 11.4 Å². The smallest absolute Gasteiger partial charge is 0.279 e. The minimum atomic E-state index is -4.45. The van der Waals surface area contributed by atoms with Gasteiger partial charge < -0.3 is 4.55 Å². The molecule has 0 saturated heterocycles. The summed E-state index contributed by atoms with van der Waals surface area (Å²) in [6, 6.07) is 3.35. The molecular formula is C9H9N2O7S-. The molecule has 0 aliphatic carbocycles. The average Bonchev–Trinajstić information content (AvgIpc) is 2.26. The highest BCUT2D eigenvalue weighted by Gasteiger charge is 2.23. The summed E-state index contributed by atoms with van der Waals surface area (Å²) in [4.78, 5) is 20.0. The molecule has 0 heterocycles. The molecule has 1 rings (SSSR count). The van der Waals surface area contributed by atoms with E-state index in [0.29, 0.717) is 0 Å². The zero-order valence-electron chi connectivity index (χ0n) is 9.51. The van der Waals surface area contributed by atoms with Gasteiger partial charge in [-0.1, -0.05) is 0 Å². The summed E-state index contributed by atoms with van der Waals surface area (Å²) in [7, 11) is -4.45. The van der Waals surface area contributed by atoms with Crippen molar-refractivity contribution >= 4 is 21.5 Å². The fourth-order valence-electron chi connectivity index (χ4n) is 1.59. The topological polar surface area (TPSA) is 143 Å². The fourth-order valence-corrected chi connectivity index (χ4v) is 2.08. The Hall–Kier alpha value is -2.07. The molecule has 0 bridgehead atoms. The first kappa shape index (κ1) is 15.0. The maximum Gasteiger partial charge on any atom is 0.279 e. The quantitative estimate of drug-likeness (QED) is 0.431. The number of nitrogens with zero attached hydrogens (tertiary/aromatic N) is 2. The molecule has 104 valence electrons. The number of nitro benzene ring substituents is 2. The molecular weight excluding hydrogens is 280 g/mol. The van der Waals surface area contributed by atoms with Crippen molar-refractivity contribution in [1.29, 1.82) is 0 Å². The van der Waals surface area contributed by atoms with Crippen LogP contribution in [-0.4, -0.2) is 28.6 Å². The molecule has 19 heavy (non-hydrogen) atoms. The lowest BCUT2D eigenvalue weighted by Gasteiger charge is -2.07. The van der Waals surface area contributed by atoms with Crippen LogP contribution in [0.2, 0.25) is 0 Å². The molecule has 0 aliphatic heterocycles. The Balaban J connectivity index is 3.08. The van der Waals surface area contributed by atoms with Crippen LogP contribution in [0.15, 0.2) is 18.2 Å². The van der Waals surface area contributed by atoms with Crippen LogP contribution in [0.25, 0.3) is 0 Å². The first-order chi connectivity index (χ1) is 8.72. The molecule has 0 aliphatic rings. The van der Waals surface area contributed by atoms with Gasteiger partial charge >= 0.3 is 0 Å². The summed E-state index contributed by atoms with van der Waals surface area (Å²) >= 11 is 0. The lowest BCUT2D eigenvalue weighted by Crippen LogP contribution is -2.07. The molecule has 1 aromatic rings. The van der Waals surface area contributed by atoms with E-state index in [1.807, 2.05) is 0 Å². The van der Waals surface area contributed by atoms with Crippen molar-refractivity contribution in [3.8, 4) is 0 Å². The number of hydrogen-bond acceptors (Lipinski definition) is 7. The van der Waals surface area contributed by atoms with Gasteiger partial charge in [-0.3, -0.25) is 20.2 Å². The van der Waals surface area contributed by atoms with Gasteiger partial charge in [0, 0.05) is 17.9 Å². The van der Waals surface area contributed by atoms with E-state index in [-0.39, 0.29) is 18.4 Å². The van der Waals surface area contributed by atoms with Crippen molar-refractivity contribution in [1.82, 2.24) is 0 Å². The zero-order chi connectivity index (χ0) is 14.6. The molecule has 10 heteroatoms. The Kier molecular flexibility index (Phi) is 4.51. The Morgan fingerprint density at radius 3 is 1.89 bits per heavy atom. The second-order valence-corrected chi connectivity index (χ2v) is 5.18. The van der Waals surface area contributed by atoms with E-state index < -0.39 is 37.1 Å². The van der Waals surface area contributed by atoms with E-state index in [4.69, 9.17) is 0 Å². The Bertz CT molecular complexity index is 579. The predicted octanol–water partition coefficient (Wildman–Crippen LogP) is 0.981. The lowest BCUT2D eigenvalue weighted by atomic mass is 10.1.